The van der Waals surface area contributed by atoms with Gasteiger partial charge in [0, 0.05) is 39.3 Å². The normalized spacial score (nSPS) is 20.1. The molecule has 0 saturated carbocycles. The van der Waals surface area contributed by atoms with Gasteiger partial charge in [-0.1, -0.05) is 30.3 Å². The fourth-order valence-electron chi connectivity index (χ4n) is 4.34. The Morgan fingerprint density at radius 1 is 0.897 bits per heavy atom. The van der Waals surface area contributed by atoms with E-state index in [4.69, 9.17) is 0 Å². The molecule has 2 aliphatic rings. The molecule has 0 bridgehead atoms. The van der Waals surface area contributed by atoms with Gasteiger partial charge in [0.15, 0.2) is 5.03 Å². The van der Waals surface area contributed by atoms with Gasteiger partial charge in [0.25, 0.3) is 10.0 Å². The van der Waals surface area contributed by atoms with Gasteiger partial charge in [-0.15, -0.1) is 0 Å². The molecular formula is C22H30N4O2S. The average molecular weight is 415 g/mol. The van der Waals surface area contributed by atoms with E-state index >= 15 is 0 Å². The monoisotopic (exact) mass is 414 g/mol. The second kappa shape index (κ2) is 8.42. The Hall–Kier alpha value is -1.96. The first-order chi connectivity index (χ1) is 13.9. The van der Waals surface area contributed by atoms with E-state index in [0.717, 1.165) is 44.8 Å². The molecule has 1 aromatic heterocycles. The number of aromatic nitrogens is 1. The predicted molar refractivity (Wildman–Crippen MR) is 116 cm³/mol. The summed E-state index contributed by atoms with van der Waals surface area (Å²) in [6.45, 7) is 6.88. The van der Waals surface area contributed by atoms with Crippen molar-refractivity contribution in [1.82, 2.24) is 14.2 Å². The fourth-order valence-corrected chi connectivity index (χ4v) is 5.76. The van der Waals surface area contributed by atoms with Crippen LogP contribution in [-0.4, -0.2) is 68.9 Å². The van der Waals surface area contributed by atoms with Crippen molar-refractivity contribution in [2.24, 2.45) is 0 Å². The smallest absolute Gasteiger partial charge is 0.260 e. The first-order valence-corrected chi connectivity index (χ1v) is 11.9. The lowest BCUT2D eigenvalue weighted by Gasteiger charge is -2.34. The zero-order chi connectivity index (χ0) is 20.4. The Balaban J connectivity index is 1.47. The second-order valence-electron chi connectivity index (χ2n) is 8.16. The lowest BCUT2D eigenvalue weighted by Crippen LogP contribution is -2.45. The molecule has 0 amide bonds. The Labute approximate surface area is 174 Å². The molecular weight excluding hydrogens is 384 g/mol. The highest BCUT2D eigenvalue weighted by atomic mass is 32.2. The van der Waals surface area contributed by atoms with Crippen molar-refractivity contribution in [3.63, 3.8) is 0 Å². The van der Waals surface area contributed by atoms with Gasteiger partial charge in [-0.2, -0.15) is 4.31 Å². The van der Waals surface area contributed by atoms with Gasteiger partial charge in [-0.25, -0.2) is 13.4 Å². The van der Waals surface area contributed by atoms with Crippen molar-refractivity contribution in [3.05, 3.63) is 53.6 Å². The molecule has 0 atom stereocenters. The van der Waals surface area contributed by atoms with Crippen molar-refractivity contribution in [2.45, 2.75) is 30.7 Å². The molecule has 0 aliphatic carbocycles. The van der Waals surface area contributed by atoms with Crippen LogP contribution in [0.15, 0.2) is 47.5 Å². The van der Waals surface area contributed by atoms with Crippen molar-refractivity contribution in [1.29, 1.82) is 0 Å². The van der Waals surface area contributed by atoms with Crippen molar-refractivity contribution in [2.75, 3.05) is 51.2 Å². The Kier molecular flexibility index (Phi) is 5.90. The molecule has 0 unspecified atom stereocenters. The van der Waals surface area contributed by atoms with Crippen LogP contribution in [0.1, 0.15) is 29.9 Å². The minimum absolute atomic E-state index is 0.170. The van der Waals surface area contributed by atoms with E-state index in [9.17, 15) is 8.42 Å². The summed E-state index contributed by atoms with van der Waals surface area (Å²) < 4.78 is 28.1. The lowest BCUT2D eigenvalue weighted by molar-refractivity contribution is 0.311. The molecule has 0 spiro atoms. The summed E-state index contributed by atoms with van der Waals surface area (Å²) in [6.07, 6.45) is 1.70. The minimum atomic E-state index is -3.56. The van der Waals surface area contributed by atoms with Gasteiger partial charge in [-0.05, 0) is 56.0 Å². The maximum Gasteiger partial charge on any atom is 0.260 e. The quantitative estimate of drug-likeness (QED) is 0.770. The molecule has 3 heterocycles. The summed E-state index contributed by atoms with van der Waals surface area (Å²) in [5, 5.41) is 0.170. The average Bonchev–Trinajstić information content (AvgIpc) is 2.75. The van der Waals surface area contributed by atoms with E-state index in [0.29, 0.717) is 19.0 Å². The van der Waals surface area contributed by atoms with Crippen molar-refractivity contribution >= 4 is 15.8 Å². The molecule has 29 heavy (non-hydrogen) atoms. The summed E-state index contributed by atoms with van der Waals surface area (Å²) >= 11 is 0. The molecule has 7 heteroatoms. The van der Waals surface area contributed by atoms with Crippen LogP contribution in [0, 0.1) is 6.92 Å². The van der Waals surface area contributed by atoms with Crippen LogP contribution in [0.25, 0.3) is 0 Å². The third-order valence-corrected chi connectivity index (χ3v) is 8.02. The highest BCUT2D eigenvalue weighted by molar-refractivity contribution is 7.89. The molecule has 2 aliphatic heterocycles. The fraction of sp³-hybridized carbons (Fsp3) is 0.500. The van der Waals surface area contributed by atoms with Gasteiger partial charge >= 0.3 is 0 Å². The topological polar surface area (TPSA) is 56.8 Å². The standard InChI is InChI=1S/C22H30N4O2S/c1-18-6-3-4-7-20(18)19-10-12-26(13-11-19)29(27,28)22-9-5-8-21(23-22)25-16-14-24(2)15-17-25/h3-9,19H,10-17H2,1-2H3. The van der Waals surface area contributed by atoms with E-state index in [1.165, 1.54) is 11.1 Å². The van der Waals surface area contributed by atoms with Crippen LogP contribution in [0.4, 0.5) is 5.82 Å². The molecule has 2 aromatic rings. The summed E-state index contributed by atoms with van der Waals surface area (Å²) in [6, 6.07) is 13.8. The second-order valence-corrected chi connectivity index (χ2v) is 10.0. The Morgan fingerprint density at radius 2 is 1.59 bits per heavy atom. The van der Waals surface area contributed by atoms with Crippen molar-refractivity contribution in [3.8, 4) is 0 Å². The Morgan fingerprint density at radius 3 is 2.28 bits per heavy atom. The third-order valence-electron chi connectivity index (χ3n) is 6.22. The summed E-state index contributed by atoms with van der Waals surface area (Å²) in [4.78, 5) is 8.98. The van der Waals surface area contributed by atoms with Crippen LogP contribution in [0.3, 0.4) is 0 Å². The summed E-state index contributed by atoms with van der Waals surface area (Å²) in [5.74, 6) is 1.18. The highest BCUT2D eigenvalue weighted by Crippen LogP contribution is 2.32. The predicted octanol–water partition coefficient (Wildman–Crippen LogP) is 2.71. The molecule has 156 valence electrons. The number of aryl methyl sites for hydroxylation is 1. The first kappa shape index (κ1) is 20.3. The van der Waals surface area contributed by atoms with E-state index in [1.54, 1.807) is 10.4 Å². The number of rotatable bonds is 4. The maximum atomic E-state index is 13.2. The number of piperazine rings is 1. The zero-order valence-electron chi connectivity index (χ0n) is 17.3. The largest absolute Gasteiger partial charge is 0.354 e. The lowest BCUT2D eigenvalue weighted by atomic mass is 9.87. The van der Waals surface area contributed by atoms with E-state index in [-0.39, 0.29) is 5.03 Å². The molecule has 6 nitrogen and oxygen atoms in total. The number of hydrogen-bond donors (Lipinski definition) is 0. The minimum Gasteiger partial charge on any atom is -0.354 e. The molecule has 4 rings (SSSR count). The number of piperidine rings is 1. The van der Waals surface area contributed by atoms with Gasteiger partial charge < -0.3 is 9.80 Å². The van der Waals surface area contributed by atoms with Crippen molar-refractivity contribution < 1.29 is 8.42 Å². The number of nitrogens with zero attached hydrogens (tertiary/aromatic N) is 4. The molecule has 1 aromatic carbocycles. The number of pyridine rings is 1. The summed E-state index contributed by atoms with van der Waals surface area (Å²) in [7, 11) is -1.46. The molecule has 0 N–H and O–H groups in total. The first-order valence-electron chi connectivity index (χ1n) is 10.4. The van der Waals surface area contributed by atoms with Gasteiger partial charge in [0.2, 0.25) is 0 Å². The van der Waals surface area contributed by atoms with Crippen LogP contribution in [-0.2, 0) is 10.0 Å². The van der Waals surface area contributed by atoms with Crippen LogP contribution in [0.5, 0.6) is 0 Å². The van der Waals surface area contributed by atoms with Crippen LogP contribution in [0.2, 0.25) is 0 Å². The Bertz CT molecular complexity index is 947. The number of benzene rings is 1. The van der Waals surface area contributed by atoms with E-state index in [1.807, 2.05) is 12.1 Å². The third kappa shape index (κ3) is 4.32. The number of anilines is 1. The summed E-state index contributed by atoms with van der Waals surface area (Å²) in [5.41, 5.74) is 2.63. The van der Waals surface area contributed by atoms with E-state index < -0.39 is 10.0 Å². The molecule has 2 saturated heterocycles. The zero-order valence-corrected chi connectivity index (χ0v) is 18.1. The van der Waals surface area contributed by atoms with Gasteiger partial charge in [-0.3, -0.25) is 0 Å². The molecule has 0 radical (unpaired) electrons. The number of likely N-dealkylation sites (N-methyl/N-ethyl adjacent to an activating group) is 1. The highest BCUT2D eigenvalue weighted by Gasteiger charge is 2.31. The number of hydrogen-bond acceptors (Lipinski definition) is 5. The maximum absolute atomic E-state index is 13.2. The van der Waals surface area contributed by atoms with Gasteiger partial charge in [0.05, 0.1) is 0 Å². The van der Waals surface area contributed by atoms with Crippen LogP contribution < -0.4 is 4.90 Å². The number of sulfonamides is 1. The van der Waals surface area contributed by atoms with Gasteiger partial charge in [0.1, 0.15) is 5.82 Å². The SMILES string of the molecule is Cc1ccccc1C1CCN(S(=O)(=O)c2cccc(N3CCN(C)CC3)n2)CC1. The molecule has 2 fully saturated rings. The van der Waals surface area contributed by atoms with Crippen LogP contribution >= 0.6 is 0 Å². The van der Waals surface area contributed by atoms with E-state index in [2.05, 4.69) is 53.0 Å².